The minimum Gasteiger partial charge on any atom is -0.507 e. The van der Waals surface area contributed by atoms with E-state index in [1.54, 1.807) is 38.0 Å². The standard InChI is InChI=1S/C24H30N4O5/c1-15-19(16(2)26-25-15)22(29)20-21(17-6-4-7-18(14-17)32-3)28(24(31)23(20)30)9-5-8-27-10-12-33-13-11-27/h4,6-7,14,21,29H,5,8-13H2,1-3H3,(H,25,26)/b22-20+. The molecule has 1 amide bonds. The number of Topliss-reactive ketones (excluding diaryl/α,β-unsaturated/α-hetero) is 1. The van der Waals surface area contributed by atoms with Crippen LogP contribution in [0.15, 0.2) is 29.8 Å². The average Bonchev–Trinajstić information content (AvgIpc) is 3.30. The summed E-state index contributed by atoms with van der Waals surface area (Å²) in [7, 11) is 1.57. The van der Waals surface area contributed by atoms with Crippen molar-refractivity contribution in [3.63, 3.8) is 0 Å². The number of amides is 1. The van der Waals surface area contributed by atoms with Crippen LogP contribution in [0.5, 0.6) is 5.75 Å². The van der Waals surface area contributed by atoms with Crippen LogP contribution in [0.25, 0.3) is 5.76 Å². The van der Waals surface area contributed by atoms with Crippen LogP contribution in [0.2, 0.25) is 0 Å². The number of morpholine rings is 1. The Hall–Kier alpha value is -3.17. The van der Waals surface area contributed by atoms with Gasteiger partial charge in [0.25, 0.3) is 11.7 Å². The number of aliphatic hydroxyl groups excluding tert-OH is 1. The van der Waals surface area contributed by atoms with E-state index < -0.39 is 17.7 Å². The minimum atomic E-state index is -0.710. The molecule has 3 heterocycles. The fourth-order valence-corrected chi connectivity index (χ4v) is 4.59. The van der Waals surface area contributed by atoms with Gasteiger partial charge in [-0.25, -0.2) is 0 Å². The zero-order valence-corrected chi connectivity index (χ0v) is 19.3. The number of benzene rings is 1. The van der Waals surface area contributed by atoms with Crippen LogP contribution in [0, 0.1) is 13.8 Å². The van der Waals surface area contributed by atoms with Crippen molar-refractivity contribution in [1.29, 1.82) is 0 Å². The molecule has 9 heteroatoms. The van der Waals surface area contributed by atoms with Gasteiger partial charge in [0, 0.05) is 31.9 Å². The number of carbonyl (C=O) groups is 2. The Bertz CT molecular complexity index is 1050. The second kappa shape index (κ2) is 9.76. The Labute approximate surface area is 193 Å². The second-order valence-electron chi connectivity index (χ2n) is 8.39. The number of aliphatic hydroxyl groups is 1. The number of hydrogen-bond acceptors (Lipinski definition) is 7. The highest BCUT2D eigenvalue weighted by Gasteiger charge is 2.46. The first kappa shape index (κ1) is 23.0. The summed E-state index contributed by atoms with van der Waals surface area (Å²) in [5.41, 5.74) is 2.43. The van der Waals surface area contributed by atoms with E-state index in [4.69, 9.17) is 9.47 Å². The maximum absolute atomic E-state index is 13.2. The molecular formula is C24H30N4O5. The molecule has 1 unspecified atom stereocenters. The number of carbonyl (C=O) groups excluding carboxylic acids is 2. The summed E-state index contributed by atoms with van der Waals surface area (Å²) >= 11 is 0. The lowest BCUT2D eigenvalue weighted by Crippen LogP contribution is -2.38. The predicted octanol–water partition coefficient (Wildman–Crippen LogP) is 2.18. The number of rotatable bonds is 7. The largest absolute Gasteiger partial charge is 0.507 e. The number of H-pyrrole nitrogens is 1. The molecule has 2 saturated heterocycles. The number of ketones is 1. The number of likely N-dealkylation sites (tertiary alicyclic amines) is 1. The van der Waals surface area contributed by atoms with Crippen molar-refractivity contribution in [1.82, 2.24) is 20.0 Å². The van der Waals surface area contributed by atoms with Crippen LogP contribution in [-0.4, -0.2) is 83.3 Å². The number of ether oxygens (including phenoxy) is 2. The van der Waals surface area contributed by atoms with Crippen molar-refractivity contribution in [2.24, 2.45) is 0 Å². The molecule has 0 bridgehead atoms. The second-order valence-corrected chi connectivity index (χ2v) is 8.39. The normalized spacial score (nSPS) is 21.1. The summed E-state index contributed by atoms with van der Waals surface area (Å²) < 4.78 is 10.8. The van der Waals surface area contributed by atoms with E-state index in [2.05, 4.69) is 15.1 Å². The predicted molar refractivity (Wildman–Crippen MR) is 122 cm³/mol. The lowest BCUT2D eigenvalue weighted by Gasteiger charge is -2.29. The third kappa shape index (κ3) is 4.51. The van der Waals surface area contributed by atoms with Gasteiger partial charge in [-0.15, -0.1) is 0 Å². The van der Waals surface area contributed by atoms with Gasteiger partial charge in [-0.2, -0.15) is 5.10 Å². The molecule has 1 atom stereocenters. The molecular weight excluding hydrogens is 424 g/mol. The summed E-state index contributed by atoms with van der Waals surface area (Å²) in [4.78, 5) is 30.2. The molecule has 176 valence electrons. The Morgan fingerprint density at radius 3 is 2.67 bits per heavy atom. The van der Waals surface area contributed by atoms with Crippen molar-refractivity contribution in [3.8, 4) is 5.75 Å². The molecule has 2 fully saturated rings. The van der Waals surface area contributed by atoms with Crippen LogP contribution in [0.4, 0.5) is 0 Å². The topological polar surface area (TPSA) is 108 Å². The SMILES string of the molecule is COc1cccc(C2/C(=C(\O)c3c(C)n[nH]c3C)C(=O)C(=O)N2CCCN2CCOCC2)c1. The quantitative estimate of drug-likeness (QED) is 0.375. The van der Waals surface area contributed by atoms with Gasteiger partial charge < -0.3 is 19.5 Å². The van der Waals surface area contributed by atoms with Gasteiger partial charge in [-0.1, -0.05) is 12.1 Å². The third-order valence-corrected chi connectivity index (χ3v) is 6.29. The molecule has 2 aromatic rings. The molecule has 0 radical (unpaired) electrons. The van der Waals surface area contributed by atoms with E-state index in [1.165, 1.54) is 0 Å². The highest BCUT2D eigenvalue weighted by Crippen LogP contribution is 2.41. The van der Waals surface area contributed by atoms with E-state index in [0.29, 0.717) is 54.4 Å². The lowest BCUT2D eigenvalue weighted by molar-refractivity contribution is -0.140. The Kier molecular flexibility index (Phi) is 6.80. The fraction of sp³-hybridized carbons (Fsp3) is 0.458. The first-order valence-electron chi connectivity index (χ1n) is 11.2. The van der Waals surface area contributed by atoms with E-state index >= 15 is 0 Å². The minimum absolute atomic E-state index is 0.0761. The van der Waals surface area contributed by atoms with Crippen LogP contribution in [0.3, 0.4) is 0 Å². The van der Waals surface area contributed by atoms with Gasteiger partial charge in [0.05, 0.1) is 43.2 Å². The Balaban J connectivity index is 1.71. The van der Waals surface area contributed by atoms with Gasteiger partial charge in [-0.05, 0) is 38.0 Å². The van der Waals surface area contributed by atoms with Gasteiger partial charge in [0.15, 0.2) is 0 Å². The summed E-state index contributed by atoms with van der Waals surface area (Å²) in [6.45, 7) is 7.84. The number of methoxy groups -OCH3 is 1. The zero-order chi connectivity index (χ0) is 23.5. The van der Waals surface area contributed by atoms with Crippen LogP contribution < -0.4 is 4.74 Å². The number of aromatic nitrogens is 2. The van der Waals surface area contributed by atoms with Crippen molar-refractivity contribution in [2.45, 2.75) is 26.3 Å². The Morgan fingerprint density at radius 2 is 2.00 bits per heavy atom. The molecule has 9 nitrogen and oxygen atoms in total. The monoisotopic (exact) mass is 454 g/mol. The van der Waals surface area contributed by atoms with E-state index in [0.717, 1.165) is 19.6 Å². The molecule has 2 aliphatic heterocycles. The first-order valence-corrected chi connectivity index (χ1v) is 11.2. The molecule has 0 saturated carbocycles. The van der Waals surface area contributed by atoms with Crippen LogP contribution in [0.1, 0.15) is 35.0 Å². The van der Waals surface area contributed by atoms with E-state index in [1.807, 2.05) is 12.1 Å². The molecule has 2 aliphatic rings. The molecule has 1 aromatic heterocycles. The molecule has 1 aromatic carbocycles. The molecule has 2 N–H and O–H groups in total. The molecule has 0 aliphatic carbocycles. The number of aryl methyl sites for hydroxylation is 2. The summed E-state index contributed by atoms with van der Waals surface area (Å²) in [6, 6.07) is 6.55. The van der Waals surface area contributed by atoms with Crippen molar-refractivity contribution >= 4 is 17.4 Å². The van der Waals surface area contributed by atoms with E-state index in [9.17, 15) is 14.7 Å². The van der Waals surface area contributed by atoms with Crippen LogP contribution in [-0.2, 0) is 14.3 Å². The van der Waals surface area contributed by atoms with Crippen molar-refractivity contribution < 1.29 is 24.2 Å². The first-order chi connectivity index (χ1) is 15.9. The van der Waals surface area contributed by atoms with Gasteiger partial charge >= 0.3 is 0 Å². The summed E-state index contributed by atoms with van der Waals surface area (Å²) in [5.74, 6) is -0.889. The zero-order valence-electron chi connectivity index (χ0n) is 19.3. The summed E-state index contributed by atoms with van der Waals surface area (Å²) in [6.07, 6.45) is 0.706. The van der Waals surface area contributed by atoms with Crippen molar-refractivity contribution in [2.75, 3.05) is 46.5 Å². The smallest absolute Gasteiger partial charge is 0.295 e. The van der Waals surface area contributed by atoms with Gasteiger partial charge in [-0.3, -0.25) is 19.6 Å². The number of nitrogens with zero attached hydrogens (tertiary/aromatic N) is 3. The maximum atomic E-state index is 13.2. The lowest BCUT2D eigenvalue weighted by atomic mass is 9.94. The Morgan fingerprint density at radius 1 is 1.24 bits per heavy atom. The summed E-state index contributed by atoms with van der Waals surface area (Å²) in [5, 5.41) is 18.2. The highest BCUT2D eigenvalue weighted by molar-refractivity contribution is 6.46. The number of nitrogens with one attached hydrogen (secondary N) is 1. The molecule has 33 heavy (non-hydrogen) atoms. The fourth-order valence-electron chi connectivity index (χ4n) is 4.59. The highest BCUT2D eigenvalue weighted by atomic mass is 16.5. The average molecular weight is 455 g/mol. The van der Waals surface area contributed by atoms with E-state index in [-0.39, 0.29) is 11.3 Å². The molecule has 0 spiro atoms. The number of aromatic amines is 1. The van der Waals surface area contributed by atoms with Gasteiger partial charge in [0.2, 0.25) is 0 Å². The maximum Gasteiger partial charge on any atom is 0.295 e. The number of hydrogen-bond donors (Lipinski definition) is 2. The third-order valence-electron chi connectivity index (χ3n) is 6.29. The van der Waals surface area contributed by atoms with Gasteiger partial charge in [0.1, 0.15) is 11.5 Å². The molecule has 4 rings (SSSR count). The van der Waals surface area contributed by atoms with Crippen molar-refractivity contribution in [3.05, 3.63) is 52.4 Å². The van der Waals surface area contributed by atoms with Crippen LogP contribution >= 0.6 is 0 Å².